The van der Waals surface area contributed by atoms with Gasteiger partial charge in [-0.15, -0.1) is 0 Å². The zero-order valence-corrected chi connectivity index (χ0v) is 33.9. The Morgan fingerprint density at radius 2 is 1.04 bits per heavy atom. The van der Waals surface area contributed by atoms with Gasteiger partial charge in [0.25, 0.3) is 0 Å². The molecule has 0 aromatic heterocycles. The lowest BCUT2D eigenvalue weighted by Crippen LogP contribution is -2.28. The Morgan fingerprint density at radius 3 is 1.60 bits per heavy atom. The highest BCUT2D eigenvalue weighted by Crippen LogP contribution is 2.43. The SMILES string of the molecule is CCCCCCC=CCCCCCCCC(=O)OC(COCCCCC=CC=CC=CC=CC=CCCCCCCCC)COP(=O)(O)OCCN. The third-order valence-corrected chi connectivity index (χ3v) is 9.21. The van der Waals surface area contributed by atoms with Crippen LogP contribution in [0, 0.1) is 0 Å². The van der Waals surface area contributed by atoms with Crippen molar-refractivity contribution in [1.82, 2.24) is 0 Å². The lowest BCUT2D eigenvalue weighted by atomic mass is 10.1. The Hall–Kier alpha value is -2.06. The van der Waals surface area contributed by atoms with E-state index in [2.05, 4.69) is 50.3 Å². The van der Waals surface area contributed by atoms with Gasteiger partial charge >= 0.3 is 13.8 Å². The topological polar surface area (TPSA) is 117 Å². The third kappa shape index (κ3) is 39.2. The van der Waals surface area contributed by atoms with Gasteiger partial charge in [0.05, 0.1) is 19.8 Å². The number of rotatable bonds is 38. The molecule has 2 unspecified atom stereocenters. The molecule has 0 heterocycles. The predicted octanol–water partition coefficient (Wildman–Crippen LogP) is 12.0. The normalized spacial score (nSPS) is 14.3. The molecule has 0 saturated heterocycles. The van der Waals surface area contributed by atoms with Gasteiger partial charge in [-0.3, -0.25) is 13.8 Å². The summed E-state index contributed by atoms with van der Waals surface area (Å²) in [6.45, 7) is 4.71. The summed E-state index contributed by atoms with van der Waals surface area (Å²) in [7, 11) is -4.29. The maximum atomic E-state index is 12.5. The fourth-order valence-electron chi connectivity index (χ4n) is 5.19. The summed E-state index contributed by atoms with van der Waals surface area (Å²) in [6, 6.07) is 0. The second-order valence-corrected chi connectivity index (χ2v) is 14.7. The molecule has 0 amide bonds. The molecule has 0 aromatic carbocycles. The van der Waals surface area contributed by atoms with E-state index in [0.717, 1.165) is 57.8 Å². The van der Waals surface area contributed by atoms with Crippen LogP contribution in [-0.4, -0.2) is 49.9 Å². The van der Waals surface area contributed by atoms with Crippen LogP contribution in [0.4, 0.5) is 0 Å². The number of carbonyl (C=O) groups is 1. The van der Waals surface area contributed by atoms with E-state index in [1.54, 1.807) is 0 Å². The molecule has 0 spiro atoms. The first-order chi connectivity index (χ1) is 25.4. The van der Waals surface area contributed by atoms with E-state index in [1.165, 1.54) is 77.0 Å². The van der Waals surface area contributed by atoms with Crippen molar-refractivity contribution in [1.29, 1.82) is 0 Å². The van der Waals surface area contributed by atoms with Crippen LogP contribution in [0.2, 0.25) is 0 Å². The molecular formula is C43H76NO7P. The van der Waals surface area contributed by atoms with Crippen molar-refractivity contribution < 1.29 is 32.8 Å². The maximum absolute atomic E-state index is 12.5. The number of esters is 1. The molecule has 0 radical (unpaired) electrons. The molecule has 0 fully saturated rings. The van der Waals surface area contributed by atoms with E-state index in [4.69, 9.17) is 24.3 Å². The molecule has 0 aliphatic rings. The van der Waals surface area contributed by atoms with Crippen LogP contribution in [-0.2, 0) is 27.9 Å². The van der Waals surface area contributed by atoms with E-state index in [9.17, 15) is 14.3 Å². The molecule has 0 rings (SSSR count). The Kier molecular flexibility index (Phi) is 38.5. The van der Waals surface area contributed by atoms with Gasteiger partial charge in [-0.2, -0.15) is 0 Å². The second kappa shape index (κ2) is 40.1. The van der Waals surface area contributed by atoms with Gasteiger partial charge in [0.1, 0.15) is 6.10 Å². The number of phosphoric ester groups is 1. The number of unbranched alkanes of at least 4 members (excludes halogenated alkanes) is 17. The maximum Gasteiger partial charge on any atom is 0.472 e. The summed E-state index contributed by atoms with van der Waals surface area (Å²) in [4.78, 5) is 22.4. The van der Waals surface area contributed by atoms with Gasteiger partial charge in [-0.1, -0.05) is 157 Å². The highest BCUT2D eigenvalue weighted by molar-refractivity contribution is 7.47. The summed E-state index contributed by atoms with van der Waals surface area (Å²) < 4.78 is 33.3. The molecule has 0 saturated carbocycles. The standard InChI is InChI=1S/C43H76NO7P/c1-3-5-7-9-11-13-15-17-18-19-20-21-22-23-25-27-29-31-33-35-38-48-40-42(41-50-52(46,47)49-39-37-44)51-43(45)36-34-32-30-28-26-24-16-14-12-10-8-6-4-2/h14,16-23,25,27,29,42H,3-13,15,24,26,28,30-41,44H2,1-2H3,(H,46,47). The lowest BCUT2D eigenvalue weighted by molar-refractivity contribution is -0.154. The van der Waals surface area contributed by atoms with E-state index in [0.29, 0.717) is 13.0 Å². The average molecular weight is 750 g/mol. The minimum atomic E-state index is -4.29. The van der Waals surface area contributed by atoms with Crippen molar-refractivity contribution >= 4 is 13.8 Å². The molecule has 0 aliphatic heterocycles. The first kappa shape index (κ1) is 49.9. The smallest absolute Gasteiger partial charge is 0.457 e. The number of allylic oxidation sites excluding steroid dienone is 12. The summed E-state index contributed by atoms with van der Waals surface area (Å²) in [5.74, 6) is -0.362. The molecule has 9 heteroatoms. The minimum Gasteiger partial charge on any atom is -0.457 e. The van der Waals surface area contributed by atoms with Crippen molar-refractivity contribution in [3.05, 3.63) is 72.9 Å². The van der Waals surface area contributed by atoms with Crippen LogP contribution < -0.4 is 5.73 Å². The van der Waals surface area contributed by atoms with Crippen LogP contribution in [0.15, 0.2) is 72.9 Å². The molecule has 3 N–H and O–H groups in total. The van der Waals surface area contributed by atoms with Crippen molar-refractivity contribution in [2.24, 2.45) is 5.73 Å². The van der Waals surface area contributed by atoms with Gasteiger partial charge in [0, 0.05) is 19.6 Å². The summed E-state index contributed by atoms with van der Waals surface area (Å²) in [5.41, 5.74) is 5.35. The Bertz CT molecular complexity index is 1020. The predicted molar refractivity (Wildman–Crippen MR) is 219 cm³/mol. The number of ether oxygens (including phenoxy) is 2. The zero-order valence-electron chi connectivity index (χ0n) is 33.0. The molecule has 0 aliphatic carbocycles. The van der Waals surface area contributed by atoms with Gasteiger partial charge in [-0.05, 0) is 64.2 Å². The monoisotopic (exact) mass is 750 g/mol. The molecular weight excluding hydrogens is 673 g/mol. The van der Waals surface area contributed by atoms with E-state index in [-0.39, 0.29) is 32.3 Å². The number of carbonyl (C=O) groups excluding carboxylic acids is 1. The Balaban J connectivity index is 4.23. The minimum absolute atomic E-state index is 0.0724. The molecule has 52 heavy (non-hydrogen) atoms. The molecule has 8 nitrogen and oxygen atoms in total. The van der Waals surface area contributed by atoms with Crippen molar-refractivity contribution in [3.8, 4) is 0 Å². The average Bonchev–Trinajstić information content (AvgIpc) is 3.13. The van der Waals surface area contributed by atoms with Crippen molar-refractivity contribution in [2.45, 2.75) is 161 Å². The van der Waals surface area contributed by atoms with Crippen LogP contribution in [0.3, 0.4) is 0 Å². The van der Waals surface area contributed by atoms with Gasteiger partial charge < -0.3 is 20.1 Å². The van der Waals surface area contributed by atoms with Crippen molar-refractivity contribution in [2.75, 3.05) is 33.0 Å². The summed E-state index contributed by atoms with van der Waals surface area (Å²) in [6.07, 6.45) is 49.2. The Morgan fingerprint density at radius 1 is 0.577 bits per heavy atom. The fourth-order valence-corrected chi connectivity index (χ4v) is 5.95. The number of hydrogen-bond donors (Lipinski definition) is 2. The first-order valence-corrected chi connectivity index (χ1v) is 22.0. The number of phosphoric acid groups is 1. The lowest BCUT2D eigenvalue weighted by Gasteiger charge is -2.20. The van der Waals surface area contributed by atoms with Crippen LogP contribution >= 0.6 is 7.82 Å². The zero-order chi connectivity index (χ0) is 38.1. The number of hydrogen-bond acceptors (Lipinski definition) is 7. The second-order valence-electron chi connectivity index (χ2n) is 13.3. The fraction of sp³-hybridized carbons (Fsp3) is 0.698. The van der Waals surface area contributed by atoms with E-state index >= 15 is 0 Å². The van der Waals surface area contributed by atoms with Gasteiger partial charge in [0.15, 0.2) is 0 Å². The first-order valence-electron chi connectivity index (χ1n) is 20.5. The molecule has 0 aromatic rings. The van der Waals surface area contributed by atoms with Crippen LogP contribution in [0.5, 0.6) is 0 Å². The molecule has 300 valence electrons. The molecule has 0 bridgehead atoms. The van der Waals surface area contributed by atoms with E-state index in [1.807, 2.05) is 36.5 Å². The van der Waals surface area contributed by atoms with Gasteiger partial charge in [-0.25, -0.2) is 4.57 Å². The highest BCUT2D eigenvalue weighted by atomic mass is 31.2. The van der Waals surface area contributed by atoms with Crippen LogP contribution in [0.1, 0.15) is 155 Å². The summed E-state index contributed by atoms with van der Waals surface area (Å²) >= 11 is 0. The van der Waals surface area contributed by atoms with E-state index < -0.39 is 13.9 Å². The van der Waals surface area contributed by atoms with Crippen LogP contribution in [0.25, 0.3) is 0 Å². The molecule has 2 atom stereocenters. The highest BCUT2D eigenvalue weighted by Gasteiger charge is 2.25. The largest absolute Gasteiger partial charge is 0.472 e. The quantitative estimate of drug-likeness (QED) is 0.0211. The third-order valence-electron chi connectivity index (χ3n) is 8.22. The van der Waals surface area contributed by atoms with Crippen molar-refractivity contribution in [3.63, 3.8) is 0 Å². The van der Waals surface area contributed by atoms with Gasteiger partial charge in [0.2, 0.25) is 0 Å². The Labute approximate surface area is 318 Å². The summed E-state index contributed by atoms with van der Waals surface area (Å²) in [5, 5.41) is 0. The number of nitrogens with two attached hydrogens (primary N) is 1.